The average Bonchev–Trinajstić information content (AvgIpc) is 2.31. The Morgan fingerprint density at radius 3 is 2.00 bits per heavy atom. The maximum absolute atomic E-state index is 10.9. The predicted octanol–water partition coefficient (Wildman–Crippen LogP) is 2.94. The van der Waals surface area contributed by atoms with Crippen molar-refractivity contribution in [2.75, 3.05) is 0 Å². The van der Waals surface area contributed by atoms with E-state index in [2.05, 4.69) is 0 Å². The lowest BCUT2D eigenvalue weighted by atomic mass is 10.2. The zero-order valence-corrected chi connectivity index (χ0v) is 9.41. The minimum absolute atomic E-state index is 0.392. The topological polar surface area (TPSA) is 43.1 Å². The summed E-state index contributed by atoms with van der Waals surface area (Å²) in [5.41, 5.74) is 5.71. The molecule has 0 saturated carbocycles. The summed E-state index contributed by atoms with van der Waals surface area (Å²) in [6, 6.07) is 17.4. The lowest BCUT2D eigenvalue weighted by Crippen LogP contribution is -2.10. The second kappa shape index (κ2) is 4.86. The van der Waals surface area contributed by atoms with Crippen LogP contribution in [0.25, 0.3) is 0 Å². The molecule has 0 fully saturated rings. The highest BCUT2D eigenvalue weighted by atomic mass is 32.2. The largest absolute Gasteiger partial charge is 0.366 e. The monoisotopic (exact) mass is 229 g/mol. The fourth-order valence-corrected chi connectivity index (χ4v) is 2.15. The van der Waals surface area contributed by atoms with Crippen LogP contribution in [0.5, 0.6) is 0 Å². The highest BCUT2D eigenvalue weighted by Crippen LogP contribution is 2.27. The van der Waals surface area contributed by atoms with Crippen LogP contribution >= 0.6 is 11.8 Å². The maximum atomic E-state index is 10.9. The first-order valence-electron chi connectivity index (χ1n) is 4.88. The first-order chi connectivity index (χ1) is 7.75. The van der Waals surface area contributed by atoms with Crippen molar-refractivity contribution in [1.82, 2.24) is 0 Å². The second-order valence-electron chi connectivity index (χ2n) is 3.30. The van der Waals surface area contributed by atoms with Gasteiger partial charge in [0.15, 0.2) is 0 Å². The molecule has 0 spiro atoms. The summed E-state index contributed by atoms with van der Waals surface area (Å²) in [4.78, 5) is 13.2. The second-order valence-corrected chi connectivity index (χ2v) is 4.45. The fraction of sp³-hybridized carbons (Fsp3) is 0. The van der Waals surface area contributed by atoms with Gasteiger partial charge in [0.05, 0.1) is 0 Å². The molecule has 1 amide bonds. The Bertz CT molecular complexity index is 479. The Labute approximate surface area is 98.5 Å². The molecule has 2 N–H and O–H groups in total. The average molecular weight is 229 g/mol. The molecule has 0 bridgehead atoms. The molecule has 0 saturated heterocycles. The van der Waals surface area contributed by atoms with E-state index < -0.39 is 5.91 Å². The summed E-state index contributed by atoms with van der Waals surface area (Å²) in [5, 5.41) is 0. The number of amides is 1. The summed E-state index contributed by atoms with van der Waals surface area (Å²) < 4.78 is 0. The smallest absolute Gasteiger partial charge is 0.248 e. The van der Waals surface area contributed by atoms with E-state index in [4.69, 9.17) is 5.73 Å². The zero-order valence-electron chi connectivity index (χ0n) is 8.59. The van der Waals surface area contributed by atoms with E-state index in [1.165, 1.54) is 4.90 Å². The van der Waals surface area contributed by atoms with Crippen molar-refractivity contribution in [2.45, 2.75) is 9.79 Å². The number of benzene rings is 2. The van der Waals surface area contributed by atoms with E-state index >= 15 is 0 Å². The molecule has 0 radical (unpaired) electrons. The van der Waals surface area contributed by atoms with Gasteiger partial charge in [-0.1, -0.05) is 30.0 Å². The van der Waals surface area contributed by atoms with Crippen LogP contribution in [-0.2, 0) is 0 Å². The molecule has 0 heterocycles. The number of hydrogen-bond acceptors (Lipinski definition) is 2. The van der Waals surface area contributed by atoms with Crippen LogP contribution in [0.2, 0.25) is 0 Å². The third kappa shape index (κ3) is 2.64. The molecule has 0 unspecified atom stereocenters. The third-order valence-corrected chi connectivity index (χ3v) is 3.13. The fourth-order valence-electron chi connectivity index (χ4n) is 1.31. The van der Waals surface area contributed by atoms with E-state index in [0.717, 1.165) is 4.90 Å². The molecule has 0 aliphatic carbocycles. The third-order valence-electron chi connectivity index (χ3n) is 2.12. The van der Waals surface area contributed by atoms with E-state index in [9.17, 15) is 4.79 Å². The Morgan fingerprint density at radius 1 is 0.875 bits per heavy atom. The first kappa shape index (κ1) is 10.8. The number of rotatable bonds is 3. The van der Waals surface area contributed by atoms with Crippen molar-refractivity contribution in [2.24, 2.45) is 5.73 Å². The van der Waals surface area contributed by atoms with Crippen LogP contribution in [-0.4, -0.2) is 5.91 Å². The van der Waals surface area contributed by atoms with Gasteiger partial charge in [-0.05, 0) is 36.4 Å². The SMILES string of the molecule is NC(=O)c1ccc(Sc2ccccc2)cc1. The Hall–Kier alpha value is -1.74. The van der Waals surface area contributed by atoms with Gasteiger partial charge >= 0.3 is 0 Å². The van der Waals surface area contributed by atoms with Crippen molar-refractivity contribution >= 4 is 17.7 Å². The Morgan fingerprint density at radius 2 is 1.44 bits per heavy atom. The molecule has 2 aromatic carbocycles. The molecule has 2 aromatic rings. The molecule has 2 rings (SSSR count). The molecule has 0 aromatic heterocycles. The highest BCUT2D eigenvalue weighted by molar-refractivity contribution is 7.99. The Kier molecular flexibility index (Phi) is 3.27. The Balaban J connectivity index is 2.14. The van der Waals surface area contributed by atoms with Gasteiger partial charge in [-0.3, -0.25) is 4.79 Å². The summed E-state index contributed by atoms with van der Waals surface area (Å²) >= 11 is 1.66. The quantitative estimate of drug-likeness (QED) is 0.879. The number of carbonyl (C=O) groups is 1. The zero-order chi connectivity index (χ0) is 11.4. The summed E-state index contributed by atoms with van der Waals surface area (Å²) in [5.74, 6) is -0.392. The molecule has 16 heavy (non-hydrogen) atoms. The van der Waals surface area contributed by atoms with E-state index in [0.29, 0.717) is 5.56 Å². The van der Waals surface area contributed by atoms with Crippen LogP contribution in [0.3, 0.4) is 0 Å². The van der Waals surface area contributed by atoms with Crippen molar-refractivity contribution in [3.05, 3.63) is 60.2 Å². The van der Waals surface area contributed by atoms with Crippen LogP contribution in [0.4, 0.5) is 0 Å². The molecule has 0 aliphatic heterocycles. The van der Waals surface area contributed by atoms with Crippen LogP contribution in [0.1, 0.15) is 10.4 Å². The molecule has 2 nitrogen and oxygen atoms in total. The molecule has 80 valence electrons. The van der Waals surface area contributed by atoms with Crippen molar-refractivity contribution in [3.63, 3.8) is 0 Å². The standard InChI is InChI=1S/C13H11NOS/c14-13(15)10-6-8-12(9-7-10)16-11-4-2-1-3-5-11/h1-9H,(H2,14,15). The summed E-state index contributed by atoms with van der Waals surface area (Å²) in [6.45, 7) is 0. The van der Waals surface area contributed by atoms with Gasteiger partial charge in [-0.25, -0.2) is 0 Å². The van der Waals surface area contributed by atoms with Gasteiger partial charge < -0.3 is 5.73 Å². The number of nitrogens with two attached hydrogens (primary N) is 1. The van der Waals surface area contributed by atoms with Crippen LogP contribution < -0.4 is 5.73 Å². The molecular formula is C13H11NOS. The van der Waals surface area contributed by atoms with Gasteiger partial charge in [0, 0.05) is 15.4 Å². The normalized spacial score (nSPS) is 10.0. The minimum atomic E-state index is -0.392. The van der Waals surface area contributed by atoms with Gasteiger partial charge in [0.25, 0.3) is 0 Å². The molecule has 0 atom stereocenters. The van der Waals surface area contributed by atoms with E-state index in [1.807, 2.05) is 42.5 Å². The summed E-state index contributed by atoms with van der Waals surface area (Å²) in [6.07, 6.45) is 0. The van der Waals surface area contributed by atoms with E-state index in [-0.39, 0.29) is 0 Å². The first-order valence-corrected chi connectivity index (χ1v) is 5.70. The maximum Gasteiger partial charge on any atom is 0.248 e. The predicted molar refractivity (Wildman–Crippen MR) is 65.5 cm³/mol. The van der Waals surface area contributed by atoms with Crippen molar-refractivity contribution in [1.29, 1.82) is 0 Å². The van der Waals surface area contributed by atoms with Gasteiger partial charge in [-0.2, -0.15) is 0 Å². The van der Waals surface area contributed by atoms with Crippen molar-refractivity contribution < 1.29 is 4.79 Å². The molecule has 0 aliphatic rings. The number of primary amides is 1. The number of hydrogen-bond donors (Lipinski definition) is 1. The lowest BCUT2D eigenvalue weighted by molar-refractivity contribution is 0.100. The van der Waals surface area contributed by atoms with Crippen LogP contribution in [0, 0.1) is 0 Å². The van der Waals surface area contributed by atoms with Gasteiger partial charge in [0.2, 0.25) is 5.91 Å². The summed E-state index contributed by atoms with van der Waals surface area (Å²) in [7, 11) is 0. The van der Waals surface area contributed by atoms with Gasteiger partial charge in [-0.15, -0.1) is 0 Å². The van der Waals surface area contributed by atoms with Crippen LogP contribution in [0.15, 0.2) is 64.4 Å². The van der Waals surface area contributed by atoms with Crippen molar-refractivity contribution in [3.8, 4) is 0 Å². The molecular weight excluding hydrogens is 218 g/mol. The molecule has 3 heteroatoms. The highest BCUT2D eigenvalue weighted by Gasteiger charge is 2.00. The number of carbonyl (C=O) groups excluding carboxylic acids is 1. The van der Waals surface area contributed by atoms with Gasteiger partial charge in [0.1, 0.15) is 0 Å². The minimum Gasteiger partial charge on any atom is -0.366 e. The van der Waals surface area contributed by atoms with E-state index in [1.54, 1.807) is 23.9 Å². The lowest BCUT2D eigenvalue weighted by Gasteiger charge is -2.01.